The van der Waals surface area contributed by atoms with E-state index in [4.69, 9.17) is 0 Å². The van der Waals surface area contributed by atoms with E-state index in [2.05, 4.69) is 17.2 Å². The van der Waals surface area contributed by atoms with Crippen molar-refractivity contribution >= 4 is 5.91 Å². The van der Waals surface area contributed by atoms with Crippen LogP contribution >= 0.6 is 0 Å². The molecule has 0 aromatic carbocycles. The molecule has 1 aliphatic rings. The summed E-state index contributed by atoms with van der Waals surface area (Å²) in [5, 5.41) is 3.36. The normalized spacial score (nSPS) is 16.3. The zero-order chi connectivity index (χ0) is 13.5. The van der Waals surface area contributed by atoms with Crippen LogP contribution in [0.1, 0.15) is 25.3 Å². The molecule has 0 atom stereocenters. The number of amides is 1. The molecule has 1 aromatic rings. The van der Waals surface area contributed by atoms with Gasteiger partial charge in [-0.05, 0) is 56.5 Å². The molecule has 4 heteroatoms. The Hall–Kier alpha value is -1.42. The van der Waals surface area contributed by atoms with Crippen molar-refractivity contribution in [1.82, 2.24) is 15.2 Å². The first kappa shape index (κ1) is 14.0. The number of piperidine rings is 1. The Morgan fingerprint density at radius 3 is 2.68 bits per heavy atom. The average molecular weight is 261 g/mol. The van der Waals surface area contributed by atoms with Crippen molar-refractivity contribution < 1.29 is 4.79 Å². The summed E-state index contributed by atoms with van der Waals surface area (Å²) >= 11 is 0. The maximum atomic E-state index is 12.3. The predicted molar refractivity (Wildman–Crippen MR) is 75.8 cm³/mol. The largest absolute Gasteiger partial charge is 0.342 e. The maximum absolute atomic E-state index is 12.3. The molecule has 1 fully saturated rings. The Balaban J connectivity index is 1.87. The summed E-state index contributed by atoms with van der Waals surface area (Å²) in [7, 11) is 0. The van der Waals surface area contributed by atoms with E-state index in [0.29, 0.717) is 12.3 Å². The number of nitrogens with one attached hydrogen (secondary N) is 1. The zero-order valence-electron chi connectivity index (χ0n) is 11.6. The molecule has 1 saturated heterocycles. The predicted octanol–water partition coefficient (Wildman–Crippen LogP) is 1.47. The lowest BCUT2D eigenvalue weighted by molar-refractivity contribution is -0.131. The molecule has 104 valence electrons. The highest BCUT2D eigenvalue weighted by Crippen LogP contribution is 2.14. The van der Waals surface area contributed by atoms with Crippen molar-refractivity contribution in [3.63, 3.8) is 0 Å². The summed E-state index contributed by atoms with van der Waals surface area (Å²) in [5.74, 6) is 0.884. The van der Waals surface area contributed by atoms with Crippen LogP contribution in [0.25, 0.3) is 0 Å². The highest BCUT2D eigenvalue weighted by molar-refractivity contribution is 5.78. The Labute approximate surface area is 115 Å². The number of carbonyl (C=O) groups excluding carboxylic acids is 1. The van der Waals surface area contributed by atoms with Gasteiger partial charge in [-0.15, -0.1) is 0 Å². The van der Waals surface area contributed by atoms with Crippen molar-refractivity contribution in [1.29, 1.82) is 0 Å². The van der Waals surface area contributed by atoms with E-state index in [-0.39, 0.29) is 5.91 Å². The van der Waals surface area contributed by atoms with Crippen LogP contribution in [0.4, 0.5) is 0 Å². The number of pyridine rings is 1. The van der Waals surface area contributed by atoms with Crippen molar-refractivity contribution in [2.75, 3.05) is 26.2 Å². The van der Waals surface area contributed by atoms with Gasteiger partial charge in [-0.3, -0.25) is 9.78 Å². The second-order valence-electron chi connectivity index (χ2n) is 5.16. The van der Waals surface area contributed by atoms with Gasteiger partial charge >= 0.3 is 0 Å². The standard InChI is InChI=1S/C15H23N3O/c1-2-18(12-14-5-9-17-10-6-14)15(19)11-13-3-7-16-8-4-13/h3-4,7-8,14,17H,2,5-6,9-12H2,1H3. The molecule has 0 spiro atoms. The molecule has 19 heavy (non-hydrogen) atoms. The van der Waals surface area contributed by atoms with Crippen LogP contribution in [0.15, 0.2) is 24.5 Å². The van der Waals surface area contributed by atoms with Gasteiger partial charge in [-0.2, -0.15) is 0 Å². The van der Waals surface area contributed by atoms with Gasteiger partial charge in [0.2, 0.25) is 5.91 Å². The third-order valence-electron chi connectivity index (χ3n) is 3.78. The van der Waals surface area contributed by atoms with Crippen molar-refractivity contribution in [3.05, 3.63) is 30.1 Å². The maximum Gasteiger partial charge on any atom is 0.226 e. The Morgan fingerprint density at radius 1 is 1.37 bits per heavy atom. The minimum absolute atomic E-state index is 0.229. The van der Waals surface area contributed by atoms with Crippen LogP contribution in [0, 0.1) is 5.92 Å². The van der Waals surface area contributed by atoms with Gasteiger partial charge < -0.3 is 10.2 Å². The SMILES string of the molecule is CCN(CC1CCNCC1)C(=O)Cc1ccncc1. The number of nitrogens with zero attached hydrogens (tertiary/aromatic N) is 2. The first-order chi connectivity index (χ1) is 9.29. The van der Waals surface area contributed by atoms with E-state index < -0.39 is 0 Å². The lowest BCUT2D eigenvalue weighted by Crippen LogP contribution is -2.39. The lowest BCUT2D eigenvalue weighted by Gasteiger charge is -2.29. The zero-order valence-corrected chi connectivity index (χ0v) is 11.6. The van der Waals surface area contributed by atoms with Crippen molar-refractivity contribution in [2.45, 2.75) is 26.2 Å². The summed E-state index contributed by atoms with van der Waals surface area (Å²) < 4.78 is 0. The van der Waals surface area contributed by atoms with Gasteiger partial charge in [-0.1, -0.05) is 0 Å². The fourth-order valence-electron chi connectivity index (χ4n) is 2.57. The quantitative estimate of drug-likeness (QED) is 0.873. The molecule has 0 bridgehead atoms. The summed E-state index contributed by atoms with van der Waals surface area (Å²) in [5.41, 5.74) is 1.05. The van der Waals surface area contributed by atoms with Crippen LogP contribution in [0.3, 0.4) is 0 Å². The second kappa shape index (κ2) is 7.24. The minimum atomic E-state index is 0.229. The highest BCUT2D eigenvalue weighted by Gasteiger charge is 2.19. The van der Waals surface area contributed by atoms with Crippen LogP contribution in [0.5, 0.6) is 0 Å². The molecule has 4 nitrogen and oxygen atoms in total. The van der Waals surface area contributed by atoms with Gasteiger partial charge in [-0.25, -0.2) is 0 Å². The molecule has 2 rings (SSSR count). The highest BCUT2D eigenvalue weighted by atomic mass is 16.2. The molecule has 1 N–H and O–H groups in total. The number of rotatable bonds is 5. The Bertz CT molecular complexity index is 388. The molecule has 0 saturated carbocycles. The van der Waals surface area contributed by atoms with E-state index in [1.807, 2.05) is 17.0 Å². The number of carbonyl (C=O) groups is 1. The minimum Gasteiger partial charge on any atom is -0.342 e. The van der Waals surface area contributed by atoms with E-state index in [0.717, 1.165) is 31.7 Å². The summed E-state index contributed by atoms with van der Waals surface area (Å²) in [4.78, 5) is 18.3. The average Bonchev–Trinajstić information content (AvgIpc) is 2.47. The number of aromatic nitrogens is 1. The Morgan fingerprint density at radius 2 is 2.05 bits per heavy atom. The summed E-state index contributed by atoms with van der Waals surface area (Å²) in [6.07, 6.45) is 6.33. The molecule has 2 heterocycles. The van der Waals surface area contributed by atoms with Gasteiger partial charge in [0.25, 0.3) is 0 Å². The molecule has 1 aromatic heterocycles. The van der Waals surface area contributed by atoms with E-state index >= 15 is 0 Å². The summed E-state index contributed by atoms with van der Waals surface area (Å²) in [6.45, 7) is 5.93. The first-order valence-corrected chi connectivity index (χ1v) is 7.17. The number of likely N-dealkylation sites (N-methyl/N-ethyl adjacent to an activating group) is 1. The third kappa shape index (κ3) is 4.31. The third-order valence-corrected chi connectivity index (χ3v) is 3.78. The first-order valence-electron chi connectivity index (χ1n) is 7.17. The number of hydrogen-bond donors (Lipinski definition) is 1. The lowest BCUT2D eigenvalue weighted by atomic mass is 9.97. The topological polar surface area (TPSA) is 45.2 Å². The van der Waals surface area contributed by atoms with Crippen LogP contribution in [-0.2, 0) is 11.2 Å². The molecular weight excluding hydrogens is 238 g/mol. The van der Waals surface area contributed by atoms with Gasteiger partial charge in [0.15, 0.2) is 0 Å². The van der Waals surface area contributed by atoms with Crippen LogP contribution in [-0.4, -0.2) is 42.0 Å². The molecule has 0 aliphatic carbocycles. The monoisotopic (exact) mass is 261 g/mol. The molecule has 1 aliphatic heterocycles. The summed E-state index contributed by atoms with van der Waals surface area (Å²) in [6, 6.07) is 3.83. The van der Waals surface area contributed by atoms with Gasteiger partial charge in [0, 0.05) is 25.5 Å². The van der Waals surface area contributed by atoms with Crippen LogP contribution in [0.2, 0.25) is 0 Å². The van der Waals surface area contributed by atoms with Crippen LogP contribution < -0.4 is 5.32 Å². The van der Waals surface area contributed by atoms with Crippen molar-refractivity contribution in [3.8, 4) is 0 Å². The fourth-order valence-corrected chi connectivity index (χ4v) is 2.57. The Kier molecular flexibility index (Phi) is 5.33. The molecule has 0 unspecified atom stereocenters. The second-order valence-corrected chi connectivity index (χ2v) is 5.16. The fraction of sp³-hybridized carbons (Fsp3) is 0.600. The van der Waals surface area contributed by atoms with E-state index in [9.17, 15) is 4.79 Å². The molecular formula is C15H23N3O. The molecule has 1 amide bonds. The van der Waals surface area contributed by atoms with Gasteiger partial charge in [0.05, 0.1) is 6.42 Å². The smallest absolute Gasteiger partial charge is 0.226 e. The van der Waals surface area contributed by atoms with Gasteiger partial charge in [0.1, 0.15) is 0 Å². The molecule has 0 radical (unpaired) electrons. The number of hydrogen-bond acceptors (Lipinski definition) is 3. The van der Waals surface area contributed by atoms with Crippen molar-refractivity contribution in [2.24, 2.45) is 5.92 Å². The van der Waals surface area contributed by atoms with E-state index in [1.165, 1.54) is 12.8 Å². The van der Waals surface area contributed by atoms with E-state index in [1.54, 1.807) is 12.4 Å².